The van der Waals surface area contributed by atoms with Gasteiger partial charge in [-0.1, -0.05) is 12.1 Å². The van der Waals surface area contributed by atoms with Crippen molar-refractivity contribution >= 4 is 0 Å². The molecule has 3 heteroatoms. The van der Waals surface area contributed by atoms with Crippen LogP contribution < -0.4 is 0 Å². The van der Waals surface area contributed by atoms with E-state index in [1.165, 1.54) is 19.2 Å². The largest absolute Gasteiger partial charge is 0.384 e. The highest BCUT2D eigenvalue weighted by atomic mass is 19.2. The number of benzene rings is 1. The molecular formula is C10H11F2O. The van der Waals surface area contributed by atoms with Crippen LogP contribution in [0.1, 0.15) is 11.5 Å². The minimum absolute atomic E-state index is 0.252. The third-order valence-corrected chi connectivity index (χ3v) is 1.79. The van der Waals surface area contributed by atoms with Gasteiger partial charge in [-0.15, -0.1) is 0 Å². The van der Waals surface area contributed by atoms with Crippen molar-refractivity contribution in [3.8, 4) is 0 Å². The first-order valence-electron chi connectivity index (χ1n) is 3.92. The smallest absolute Gasteiger partial charge is 0.162 e. The van der Waals surface area contributed by atoms with Crippen molar-refractivity contribution in [3.63, 3.8) is 0 Å². The maximum atomic E-state index is 13.1. The molecule has 0 aromatic heterocycles. The molecule has 0 heterocycles. The Morgan fingerprint density at radius 2 is 2.15 bits per heavy atom. The second kappa shape index (κ2) is 4.33. The maximum Gasteiger partial charge on any atom is 0.162 e. The zero-order valence-corrected chi connectivity index (χ0v) is 7.39. The molecule has 0 N–H and O–H groups in total. The highest BCUT2D eigenvalue weighted by Gasteiger charge is 2.13. The lowest BCUT2D eigenvalue weighted by atomic mass is 10.0. The Kier molecular flexibility index (Phi) is 3.37. The number of ether oxygens (including phenoxy) is 1. The van der Waals surface area contributed by atoms with Crippen LogP contribution in [-0.2, 0) is 4.74 Å². The molecule has 1 aromatic carbocycles. The van der Waals surface area contributed by atoms with Gasteiger partial charge in [0.1, 0.15) is 0 Å². The summed E-state index contributed by atoms with van der Waals surface area (Å²) < 4.78 is 30.6. The van der Waals surface area contributed by atoms with Crippen molar-refractivity contribution in [1.29, 1.82) is 0 Å². The van der Waals surface area contributed by atoms with Gasteiger partial charge in [0.25, 0.3) is 0 Å². The van der Waals surface area contributed by atoms with Crippen molar-refractivity contribution < 1.29 is 13.5 Å². The standard InChI is InChI=1S/C10H11F2O/c1-7(6-13-2)8-4-3-5-9(11)10(8)12/h3-5,7H,1,6H2,2H3. The minimum Gasteiger partial charge on any atom is -0.384 e. The molecule has 0 aliphatic carbocycles. The molecule has 0 bridgehead atoms. The summed E-state index contributed by atoms with van der Waals surface area (Å²) in [6.07, 6.45) is 0. The van der Waals surface area contributed by atoms with Crippen LogP contribution in [0.3, 0.4) is 0 Å². The Balaban J connectivity index is 2.93. The summed E-state index contributed by atoms with van der Waals surface area (Å²) in [5.41, 5.74) is 0.252. The molecule has 0 saturated heterocycles. The van der Waals surface area contributed by atoms with Gasteiger partial charge in [0.15, 0.2) is 11.6 Å². The van der Waals surface area contributed by atoms with Crippen molar-refractivity contribution in [2.75, 3.05) is 13.7 Å². The quantitative estimate of drug-likeness (QED) is 0.703. The molecule has 1 atom stereocenters. The Hall–Kier alpha value is -0.960. The Morgan fingerprint density at radius 3 is 2.77 bits per heavy atom. The average Bonchev–Trinajstić information content (AvgIpc) is 2.10. The van der Waals surface area contributed by atoms with E-state index in [1.54, 1.807) is 0 Å². The molecule has 0 saturated carbocycles. The van der Waals surface area contributed by atoms with Gasteiger partial charge >= 0.3 is 0 Å². The first-order chi connectivity index (χ1) is 6.16. The van der Waals surface area contributed by atoms with E-state index in [-0.39, 0.29) is 18.1 Å². The second-order valence-electron chi connectivity index (χ2n) is 2.80. The van der Waals surface area contributed by atoms with Crippen LogP contribution in [0.2, 0.25) is 0 Å². The monoisotopic (exact) mass is 185 g/mol. The first-order valence-corrected chi connectivity index (χ1v) is 3.92. The molecule has 0 amide bonds. The van der Waals surface area contributed by atoms with Crippen LogP contribution in [0.25, 0.3) is 0 Å². The third kappa shape index (κ3) is 2.25. The second-order valence-corrected chi connectivity index (χ2v) is 2.80. The SMILES string of the molecule is [CH2]C(COC)c1cccc(F)c1F. The highest BCUT2D eigenvalue weighted by molar-refractivity contribution is 5.23. The van der Waals surface area contributed by atoms with Crippen molar-refractivity contribution in [2.24, 2.45) is 0 Å². The van der Waals surface area contributed by atoms with Crippen LogP contribution in [0.5, 0.6) is 0 Å². The third-order valence-electron chi connectivity index (χ3n) is 1.79. The van der Waals surface area contributed by atoms with E-state index in [0.717, 1.165) is 6.07 Å². The molecule has 1 rings (SSSR count). The lowest BCUT2D eigenvalue weighted by molar-refractivity contribution is 0.189. The topological polar surface area (TPSA) is 9.23 Å². The van der Waals surface area contributed by atoms with Gasteiger partial charge in [-0.2, -0.15) is 0 Å². The van der Waals surface area contributed by atoms with E-state index in [2.05, 4.69) is 6.92 Å². The summed E-state index contributed by atoms with van der Waals surface area (Å²) in [6, 6.07) is 4.05. The van der Waals surface area contributed by atoms with Gasteiger partial charge in [0.05, 0.1) is 6.61 Å². The molecule has 71 valence electrons. The average molecular weight is 185 g/mol. The molecular weight excluding hydrogens is 174 g/mol. The Bertz CT molecular complexity index is 286. The molecule has 0 fully saturated rings. The van der Waals surface area contributed by atoms with E-state index in [0.29, 0.717) is 0 Å². The highest BCUT2D eigenvalue weighted by Crippen LogP contribution is 2.20. The number of hydrogen-bond donors (Lipinski definition) is 0. The van der Waals surface area contributed by atoms with Crippen molar-refractivity contribution in [2.45, 2.75) is 5.92 Å². The van der Waals surface area contributed by atoms with Crippen LogP contribution in [0.15, 0.2) is 18.2 Å². The minimum atomic E-state index is -0.845. The predicted octanol–water partition coefficient (Wildman–Crippen LogP) is 2.53. The van der Waals surface area contributed by atoms with E-state index < -0.39 is 11.6 Å². The van der Waals surface area contributed by atoms with Crippen LogP contribution >= 0.6 is 0 Å². The van der Waals surface area contributed by atoms with Gasteiger partial charge < -0.3 is 4.74 Å². The molecule has 1 radical (unpaired) electrons. The van der Waals surface area contributed by atoms with Crippen LogP contribution in [0, 0.1) is 18.6 Å². The van der Waals surface area contributed by atoms with Gasteiger partial charge in [0, 0.05) is 13.0 Å². The summed E-state index contributed by atoms with van der Waals surface area (Å²) >= 11 is 0. The van der Waals surface area contributed by atoms with Crippen LogP contribution in [-0.4, -0.2) is 13.7 Å². The summed E-state index contributed by atoms with van der Waals surface area (Å²) in [5, 5.41) is 0. The molecule has 0 aliphatic heterocycles. The first kappa shape index (κ1) is 10.1. The summed E-state index contributed by atoms with van der Waals surface area (Å²) in [6.45, 7) is 3.95. The van der Waals surface area contributed by atoms with Crippen LogP contribution in [0.4, 0.5) is 8.78 Å². The Morgan fingerprint density at radius 1 is 1.46 bits per heavy atom. The molecule has 1 nitrogen and oxygen atoms in total. The van der Waals surface area contributed by atoms with E-state index in [1.807, 2.05) is 0 Å². The Labute approximate surface area is 76.3 Å². The fourth-order valence-electron chi connectivity index (χ4n) is 1.13. The maximum absolute atomic E-state index is 13.1. The van der Waals surface area contributed by atoms with Crippen molar-refractivity contribution in [1.82, 2.24) is 0 Å². The van der Waals surface area contributed by atoms with Gasteiger partial charge in [-0.25, -0.2) is 8.78 Å². The molecule has 13 heavy (non-hydrogen) atoms. The van der Waals surface area contributed by atoms with E-state index in [9.17, 15) is 8.78 Å². The number of halogens is 2. The zero-order valence-electron chi connectivity index (χ0n) is 7.39. The lowest BCUT2D eigenvalue weighted by Gasteiger charge is -2.11. The molecule has 0 spiro atoms. The number of rotatable bonds is 3. The normalized spacial score (nSPS) is 12.9. The number of methoxy groups -OCH3 is 1. The summed E-state index contributed by atoms with van der Waals surface area (Å²) in [4.78, 5) is 0. The van der Waals surface area contributed by atoms with Crippen molar-refractivity contribution in [3.05, 3.63) is 42.3 Å². The van der Waals surface area contributed by atoms with E-state index in [4.69, 9.17) is 4.74 Å². The van der Waals surface area contributed by atoms with E-state index >= 15 is 0 Å². The molecule has 1 unspecified atom stereocenters. The predicted molar refractivity (Wildman–Crippen MR) is 46.3 cm³/mol. The molecule has 0 aliphatic rings. The number of hydrogen-bond acceptors (Lipinski definition) is 1. The summed E-state index contributed by atoms with van der Waals surface area (Å²) in [5.74, 6) is -2.05. The van der Waals surface area contributed by atoms with Gasteiger partial charge in [-0.3, -0.25) is 0 Å². The van der Waals surface area contributed by atoms with Gasteiger partial charge in [0.2, 0.25) is 0 Å². The lowest BCUT2D eigenvalue weighted by Crippen LogP contribution is -2.05. The molecule has 1 aromatic rings. The summed E-state index contributed by atoms with van der Waals surface area (Å²) in [7, 11) is 1.50. The van der Waals surface area contributed by atoms with Gasteiger partial charge in [-0.05, 0) is 18.6 Å². The zero-order chi connectivity index (χ0) is 9.84. The fraction of sp³-hybridized carbons (Fsp3) is 0.300. The fourth-order valence-corrected chi connectivity index (χ4v) is 1.13.